The second-order valence-corrected chi connectivity index (χ2v) is 9.63. The van der Waals surface area contributed by atoms with Gasteiger partial charge in [-0.05, 0) is 42.5 Å². The average molecular weight is 449 g/mol. The lowest BCUT2D eigenvalue weighted by Gasteiger charge is -2.39. The number of carbonyl (C=O) groups excluding carboxylic acids is 1. The van der Waals surface area contributed by atoms with E-state index in [1.165, 1.54) is 32.8 Å². The molecule has 0 radical (unpaired) electrons. The Labute approximate surface area is 194 Å². The Morgan fingerprint density at radius 1 is 1.12 bits per heavy atom. The summed E-state index contributed by atoms with van der Waals surface area (Å²) in [4.78, 5) is 28.7. The summed E-state index contributed by atoms with van der Waals surface area (Å²) in [5, 5.41) is 10.3. The van der Waals surface area contributed by atoms with Gasteiger partial charge in [0.1, 0.15) is 0 Å². The van der Waals surface area contributed by atoms with Crippen molar-refractivity contribution in [2.75, 3.05) is 20.3 Å². The molecule has 33 heavy (non-hydrogen) atoms. The molecule has 1 saturated carbocycles. The Bertz CT molecular complexity index is 1090. The molecule has 2 fully saturated rings. The van der Waals surface area contributed by atoms with Crippen molar-refractivity contribution in [3.05, 3.63) is 69.6 Å². The van der Waals surface area contributed by atoms with Crippen LogP contribution >= 0.6 is 0 Å². The molecule has 3 aliphatic rings. The zero-order valence-electron chi connectivity index (χ0n) is 19.1. The van der Waals surface area contributed by atoms with E-state index in [0.717, 1.165) is 17.8 Å². The highest BCUT2D eigenvalue weighted by Gasteiger charge is 2.56. The van der Waals surface area contributed by atoms with Crippen LogP contribution in [0.15, 0.2) is 47.3 Å². The number of benzene rings is 1. The fourth-order valence-corrected chi connectivity index (χ4v) is 6.26. The van der Waals surface area contributed by atoms with Crippen molar-refractivity contribution < 1.29 is 14.6 Å². The van der Waals surface area contributed by atoms with Crippen LogP contribution < -0.4 is 5.56 Å². The normalized spacial score (nSPS) is 27.2. The lowest BCUT2D eigenvalue weighted by Crippen LogP contribution is -2.48. The Hall–Kier alpha value is -2.70. The van der Waals surface area contributed by atoms with Gasteiger partial charge in [-0.2, -0.15) is 0 Å². The van der Waals surface area contributed by atoms with E-state index in [-0.39, 0.29) is 36.1 Å². The van der Waals surface area contributed by atoms with Gasteiger partial charge < -0.3 is 14.4 Å². The summed E-state index contributed by atoms with van der Waals surface area (Å²) in [5.74, 6) is -0.402. The molecule has 1 aliphatic carbocycles. The number of methoxy groups -OCH3 is 1. The SMILES string of the molecule is COC(=O)[C@H]1[C@H](CO)[C@H]2Cn3c(ccc(/C=C/c4ccccc4)c3=O)[C@@H]1N2CC1CCCC1. The summed E-state index contributed by atoms with van der Waals surface area (Å²) < 4.78 is 7.00. The number of nitrogens with zero attached hydrogens (tertiary/aromatic N) is 2. The van der Waals surface area contributed by atoms with Crippen molar-refractivity contribution in [1.82, 2.24) is 9.47 Å². The first kappa shape index (κ1) is 22.1. The van der Waals surface area contributed by atoms with Crippen molar-refractivity contribution in [2.24, 2.45) is 17.8 Å². The molecule has 1 N–H and O–H groups in total. The number of ether oxygens (including phenoxy) is 1. The number of esters is 1. The molecular formula is C27H32N2O4. The Balaban J connectivity index is 1.53. The highest BCUT2D eigenvalue weighted by atomic mass is 16.5. The number of aliphatic hydroxyl groups excluding tert-OH is 1. The van der Waals surface area contributed by atoms with Gasteiger partial charge in [0.2, 0.25) is 0 Å². The number of rotatable bonds is 6. The van der Waals surface area contributed by atoms with Crippen LogP contribution in [0, 0.1) is 17.8 Å². The first-order chi connectivity index (χ1) is 16.1. The molecule has 2 aliphatic heterocycles. The monoisotopic (exact) mass is 448 g/mol. The highest BCUT2D eigenvalue weighted by molar-refractivity contribution is 5.75. The number of hydrogen-bond acceptors (Lipinski definition) is 5. The van der Waals surface area contributed by atoms with Gasteiger partial charge >= 0.3 is 5.97 Å². The molecule has 0 spiro atoms. The summed E-state index contributed by atoms with van der Waals surface area (Å²) in [6.07, 6.45) is 8.73. The Morgan fingerprint density at radius 2 is 1.88 bits per heavy atom. The third-order valence-corrected chi connectivity index (χ3v) is 7.87. The topological polar surface area (TPSA) is 71.8 Å². The fourth-order valence-electron chi connectivity index (χ4n) is 6.26. The zero-order valence-corrected chi connectivity index (χ0v) is 19.1. The maximum atomic E-state index is 13.5. The summed E-state index contributed by atoms with van der Waals surface area (Å²) in [6, 6.07) is 13.5. The van der Waals surface area contributed by atoms with Crippen LogP contribution in [0.25, 0.3) is 12.2 Å². The van der Waals surface area contributed by atoms with Crippen molar-refractivity contribution in [3.8, 4) is 0 Å². The second-order valence-electron chi connectivity index (χ2n) is 9.63. The van der Waals surface area contributed by atoms with E-state index in [2.05, 4.69) is 4.90 Å². The number of aliphatic hydroxyl groups is 1. The molecule has 2 aromatic rings. The molecule has 4 atom stereocenters. The smallest absolute Gasteiger partial charge is 0.311 e. The minimum absolute atomic E-state index is 0.0441. The van der Waals surface area contributed by atoms with Crippen molar-refractivity contribution in [2.45, 2.75) is 44.3 Å². The molecular weight excluding hydrogens is 416 g/mol. The quantitative estimate of drug-likeness (QED) is 0.687. The highest BCUT2D eigenvalue weighted by Crippen LogP contribution is 2.49. The van der Waals surface area contributed by atoms with E-state index in [0.29, 0.717) is 18.0 Å². The first-order valence-electron chi connectivity index (χ1n) is 12.0. The van der Waals surface area contributed by atoms with E-state index in [4.69, 9.17) is 4.74 Å². The van der Waals surface area contributed by atoms with Gasteiger partial charge in [-0.15, -0.1) is 0 Å². The molecule has 5 rings (SSSR count). The predicted octanol–water partition coefficient (Wildman–Crippen LogP) is 3.35. The molecule has 2 bridgehead atoms. The van der Waals surface area contributed by atoms with Crippen LogP contribution in [-0.4, -0.2) is 46.8 Å². The van der Waals surface area contributed by atoms with Gasteiger partial charge in [-0.1, -0.05) is 49.2 Å². The summed E-state index contributed by atoms with van der Waals surface area (Å²) >= 11 is 0. The number of hydrogen-bond donors (Lipinski definition) is 1. The van der Waals surface area contributed by atoms with Crippen LogP contribution in [0.5, 0.6) is 0 Å². The maximum Gasteiger partial charge on any atom is 0.311 e. The van der Waals surface area contributed by atoms with Crippen LogP contribution in [0.3, 0.4) is 0 Å². The predicted molar refractivity (Wildman–Crippen MR) is 127 cm³/mol. The Morgan fingerprint density at radius 3 is 2.58 bits per heavy atom. The lowest BCUT2D eigenvalue weighted by molar-refractivity contribution is -0.148. The third-order valence-electron chi connectivity index (χ3n) is 7.87. The molecule has 1 aromatic carbocycles. The van der Waals surface area contributed by atoms with E-state index in [1.807, 2.05) is 59.2 Å². The number of fused-ring (bicyclic) bond motifs is 4. The van der Waals surface area contributed by atoms with Gasteiger partial charge in [-0.3, -0.25) is 14.5 Å². The number of carbonyl (C=O) groups is 1. The van der Waals surface area contributed by atoms with Gasteiger partial charge in [0.05, 0.1) is 19.1 Å². The Kier molecular flexibility index (Phi) is 6.21. The van der Waals surface area contributed by atoms with Crippen molar-refractivity contribution >= 4 is 18.1 Å². The largest absolute Gasteiger partial charge is 0.469 e. The van der Waals surface area contributed by atoms with Crippen molar-refractivity contribution in [3.63, 3.8) is 0 Å². The lowest BCUT2D eigenvalue weighted by atomic mass is 9.87. The molecule has 6 heteroatoms. The molecule has 6 nitrogen and oxygen atoms in total. The van der Waals surface area contributed by atoms with Gasteiger partial charge in [0, 0.05) is 42.9 Å². The first-order valence-corrected chi connectivity index (χ1v) is 12.0. The maximum absolute atomic E-state index is 13.5. The van der Waals surface area contributed by atoms with Gasteiger partial charge in [0.15, 0.2) is 0 Å². The third kappa shape index (κ3) is 3.96. The molecule has 0 amide bonds. The molecule has 3 heterocycles. The molecule has 1 saturated heterocycles. The zero-order chi connectivity index (χ0) is 22.9. The van der Waals surface area contributed by atoms with Crippen LogP contribution in [0.2, 0.25) is 0 Å². The minimum Gasteiger partial charge on any atom is -0.469 e. The van der Waals surface area contributed by atoms with Crippen LogP contribution in [0.1, 0.15) is 48.5 Å². The van der Waals surface area contributed by atoms with Gasteiger partial charge in [-0.25, -0.2) is 0 Å². The van der Waals surface area contributed by atoms with E-state index < -0.39 is 5.92 Å². The summed E-state index contributed by atoms with van der Waals surface area (Å²) in [6.45, 7) is 1.30. The van der Waals surface area contributed by atoms with E-state index in [1.54, 1.807) is 0 Å². The van der Waals surface area contributed by atoms with Crippen LogP contribution in [0.4, 0.5) is 0 Å². The number of pyridine rings is 1. The second kappa shape index (κ2) is 9.27. The van der Waals surface area contributed by atoms with Gasteiger partial charge in [0.25, 0.3) is 5.56 Å². The average Bonchev–Trinajstić information content (AvgIpc) is 3.42. The van der Waals surface area contributed by atoms with Crippen LogP contribution in [-0.2, 0) is 16.1 Å². The number of aromatic nitrogens is 1. The standard InChI is InChI=1S/C27H32N2O4/c1-33-27(32)24-21(17-30)23-16-29-22(25(24)28(23)15-19-9-5-6-10-19)14-13-20(26(29)31)12-11-18-7-3-2-4-8-18/h2-4,7-8,11-14,19,21,23-25,30H,5-6,9-10,15-17H2,1H3/b12-11+/t21-,23-,24+,25+/m1/s1. The van der Waals surface area contributed by atoms with E-state index >= 15 is 0 Å². The van der Waals surface area contributed by atoms with Crippen molar-refractivity contribution in [1.29, 1.82) is 0 Å². The minimum atomic E-state index is -0.467. The molecule has 1 aromatic heterocycles. The summed E-state index contributed by atoms with van der Waals surface area (Å²) in [5.41, 5.74) is 2.48. The fraction of sp³-hybridized carbons (Fsp3) is 0.481. The van der Waals surface area contributed by atoms with E-state index in [9.17, 15) is 14.7 Å². The molecule has 174 valence electrons. The molecule has 0 unspecified atom stereocenters. The summed E-state index contributed by atoms with van der Waals surface area (Å²) in [7, 11) is 1.41.